The lowest BCUT2D eigenvalue weighted by Gasteiger charge is -2.04. The lowest BCUT2D eigenvalue weighted by atomic mass is 10.1. The first-order chi connectivity index (χ1) is 14.5. The number of benzene rings is 2. The summed E-state index contributed by atoms with van der Waals surface area (Å²) in [5, 5.41) is 0.598. The molecule has 3 aromatic heterocycles. The highest BCUT2D eigenvalue weighted by Gasteiger charge is 2.21. The molecule has 0 radical (unpaired) electrons. The minimum Gasteiger partial charge on any atom is -0.446 e. The number of rotatable bonds is 3. The molecule has 0 N–H and O–H groups in total. The Kier molecular flexibility index (Phi) is 4.25. The van der Waals surface area contributed by atoms with Gasteiger partial charge in [-0.3, -0.25) is 0 Å². The summed E-state index contributed by atoms with van der Waals surface area (Å²) in [6, 6.07) is 13.5. The van der Waals surface area contributed by atoms with Crippen molar-refractivity contribution in [2.45, 2.75) is 6.92 Å². The lowest BCUT2D eigenvalue weighted by Crippen LogP contribution is -2.21. The number of nitrogens with zero attached hydrogens (tertiary/aromatic N) is 3. The van der Waals surface area contributed by atoms with Crippen LogP contribution in [0.4, 0.5) is 4.39 Å². The van der Waals surface area contributed by atoms with E-state index in [1.165, 1.54) is 23.0 Å². The molecule has 0 atom stereocenters. The molecule has 0 spiro atoms. The first-order valence-corrected chi connectivity index (χ1v) is 9.38. The summed E-state index contributed by atoms with van der Waals surface area (Å²) in [5.74, 6) is 0.0882. The molecule has 0 bridgehead atoms. The van der Waals surface area contributed by atoms with E-state index in [1.54, 1.807) is 18.3 Å². The Balaban J connectivity index is 1.78. The van der Waals surface area contributed by atoms with Crippen molar-refractivity contribution in [2.24, 2.45) is 0 Å². The Morgan fingerprint density at radius 1 is 1.07 bits per heavy atom. The molecule has 0 aliphatic carbocycles. The predicted octanol–water partition coefficient (Wildman–Crippen LogP) is 5.40. The number of fused-ring (bicyclic) bond motifs is 1. The maximum absolute atomic E-state index is 14.1. The molecule has 6 nitrogen and oxygen atoms in total. The average Bonchev–Trinajstić information content (AvgIpc) is 3.36. The largest absolute Gasteiger partial charge is 0.446 e. The maximum Gasteiger partial charge on any atom is 0.356 e. The Labute approximate surface area is 174 Å². The van der Waals surface area contributed by atoms with E-state index < -0.39 is 11.5 Å². The van der Waals surface area contributed by atoms with Crippen molar-refractivity contribution in [1.29, 1.82) is 0 Å². The molecule has 148 valence electrons. The fourth-order valence-corrected chi connectivity index (χ4v) is 3.31. The Morgan fingerprint density at radius 2 is 1.93 bits per heavy atom. The molecule has 30 heavy (non-hydrogen) atoms. The molecule has 0 aliphatic rings. The quantitative estimate of drug-likeness (QED) is 0.390. The minimum absolute atomic E-state index is 0.0163. The summed E-state index contributed by atoms with van der Waals surface area (Å²) in [6.07, 6.45) is 3.00. The van der Waals surface area contributed by atoms with Gasteiger partial charge in [-0.1, -0.05) is 29.3 Å². The summed E-state index contributed by atoms with van der Waals surface area (Å²) in [7, 11) is 0. The van der Waals surface area contributed by atoms with Crippen LogP contribution < -0.4 is 5.69 Å². The third-order valence-corrected chi connectivity index (χ3v) is 4.94. The van der Waals surface area contributed by atoms with Gasteiger partial charge in [0.15, 0.2) is 11.6 Å². The van der Waals surface area contributed by atoms with Gasteiger partial charge in [0.25, 0.3) is 0 Å². The molecule has 0 amide bonds. The van der Waals surface area contributed by atoms with Crippen molar-refractivity contribution in [3.63, 3.8) is 0 Å². The van der Waals surface area contributed by atoms with Crippen LogP contribution in [0.15, 0.2) is 74.6 Å². The highest BCUT2D eigenvalue weighted by Crippen LogP contribution is 2.33. The molecular weight excluding hydrogens is 409 g/mol. The number of aromatic nitrogens is 3. The van der Waals surface area contributed by atoms with Crippen LogP contribution >= 0.6 is 11.6 Å². The highest BCUT2D eigenvalue weighted by molar-refractivity contribution is 6.30. The monoisotopic (exact) mass is 421 g/mol. The Hall–Kier alpha value is -3.71. The molecule has 2 aromatic carbocycles. The van der Waals surface area contributed by atoms with Gasteiger partial charge in [0, 0.05) is 17.3 Å². The van der Waals surface area contributed by atoms with Gasteiger partial charge in [0.05, 0.1) is 16.7 Å². The number of hydrogen-bond donors (Lipinski definition) is 0. The fourth-order valence-electron chi connectivity index (χ4n) is 3.19. The first-order valence-electron chi connectivity index (χ1n) is 9.00. The maximum atomic E-state index is 14.1. The second-order valence-electron chi connectivity index (χ2n) is 6.74. The van der Waals surface area contributed by atoms with Gasteiger partial charge in [-0.2, -0.15) is 9.97 Å². The molecule has 8 heteroatoms. The van der Waals surface area contributed by atoms with Crippen LogP contribution in [0.5, 0.6) is 0 Å². The van der Waals surface area contributed by atoms with Crippen LogP contribution in [0.3, 0.4) is 0 Å². The lowest BCUT2D eigenvalue weighted by molar-refractivity contribution is 0.584. The number of aryl methyl sites for hydroxylation is 1. The van der Waals surface area contributed by atoms with Crippen molar-refractivity contribution in [3.8, 4) is 28.6 Å². The third-order valence-electron chi connectivity index (χ3n) is 4.63. The van der Waals surface area contributed by atoms with E-state index in [-0.39, 0.29) is 22.3 Å². The van der Waals surface area contributed by atoms with E-state index in [0.29, 0.717) is 16.8 Å². The minimum atomic E-state index is -0.607. The summed E-state index contributed by atoms with van der Waals surface area (Å²) in [6.45, 7) is 1.95. The summed E-state index contributed by atoms with van der Waals surface area (Å²) in [5.41, 5.74) is 1.75. The van der Waals surface area contributed by atoms with E-state index in [0.717, 1.165) is 11.1 Å². The van der Waals surface area contributed by atoms with Crippen LogP contribution in [0.25, 0.3) is 39.7 Å². The number of furan rings is 1. The van der Waals surface area contributed by atoms with Crippen molar-refractivity contribution in [1.82, 2.24) is 14.5 Å². The number of hydrogen-bond acceptors (Lipinski definition) is 5. The zero-order valence-corrected chi connectivity index (χ0v) is 16.4. The molecule has 5 rings (SSSR count). The molecule has 0 aliphatic heterocycles. The zero-order valence-electron chi connectivity index (χ0n) is 15.6. The smallest absolute Gasteiger partial charge is 0.356 e. The van der Waals surface area contributed by atoms with E-state index in [9.17, 15) is 9.18 Å². The topological polar surface area (TPSA) is 74.1 Å². The van der Waals surface area contributed by atoms with E-state index >= 15 is 0 Å². The fraction of sp³-hybridized carbons (Fsp3) is 0.0455. The van der Waals surface area contributed by atoms with Crippen molar-refractivity contribution in [2.75, 3.05) is 0 Å². The highest BCUT2D eigenvalue weighted by atomic mass is 35.5. The average molecular weight is 422 g/mol. The molecule has 0 saturated carbocycles. The molecule has 0 unspecified atom stereocenters. The van der Waals surface area contributed by atoms with E-state index in [1.807, 2.05) is 31.2 Å². The summed E-state index contributed by atoms with van der Waals surface area (Å²) in [4.78, 5) is 21.1. The van der Waals surface area contributed by atoms with Gasteiger partial charge >= 0.3 is 5.69 Å². The van der Waals surface area contributed by atoms with Crippen molar-refractivity contribution < 1.29 is 13.2 Å². The SMILES string of the molecule is Cc1cccc(-c2nc(-n3cc4ccoc4nc3=O)c(-c3ccc(Cl)c(F)c3)o2)c1. The van der Waals surface area contributed by atoms with Crippen molar-refractivity contribution in [3.05, 3.63) is 87.9 Å². The standard InChI is InChI=1S/C22H13ClFN3O3/c1-12-3-2-4-14(9-12)21-25-19(18(30-21)13-5-6-16(23)17(24)10-13)27-11-15-7-8-29-20(15)26-22(27)28/h2-11H,1H3. The third kappa shape index (κ3) is 3.09. The van der Waals surface area contributed by atoms with Crippen LogP contribution in [0.1, 0.15) is 5.56 Å². The summed E-state index contributed by atoms with van der Waals surface area (Å²) >= 11 is 5.82. The van der Waals surface area contributed by atoms with Gasteiger partial charge < -0.3 is 8.83 Å². The second kappa shape index (κ2) is 6.96. The zero-order chi connectivity index (χ0) is 20.8. The van der Waals surface area contributed by atoms with Crippen LogP contribution in [0, 0.1) is 12.7 Å². The van der Waals surface area contributed by atoms with Crippen molar-refractivity contribution >= 4 is 22.7 Å². The molecular formula is C22H13ClFN3O3. The normalized spacial score (nSPS) is 11.3. The Morgan fingerprint density at radius 3 is 2.73 bits per heavy atom. The van der Waals surface area contributed by atoms with Gasteiger partial charge in [-0.15, -0.1) is 0 Å². The molecule has 3 heterocycles. The van der Waals surface area contributed by atoms with Crippen LogP contribution in [-0.4, -0.2) is 14.5 Å². The van der Waals surface area contributed by atoms with Crippen LogP contribution in [-0.2, 0) is 0 Å². The number of oxazole rings is 1. The van der Waals surface area contributed by atoms with Crippen LogP contribution in [0.2, 0.25) is 5.02 Å². The predicted molar refractivity (Wildman–Crippen MR) is 110 cm³/mol. The van der Waals surface area contributed by atoms with Gasteiger partial charge in [0.2, 0.25) is 11.6 Å². The second-order valence-corrected chi connectivity index (χ2v) is 7.15. The molecule has 0 saturated heterocycles. The molecule has 5 aromatic rings. The van der Waals surface area contributed by atoms with Gasteiger partial charge in [0.1, 0.15) is 5.82 Å². The Bertz CT molecular complexity index is 1470. The van der Waals surface area contributed by atoms with Gasteiger partial charge in [-0.25, -0.2) is 13.8 Å². The van der Waals surface area contributed by atoms with E-state index in [4.69, 9.17) is 20.4 Å². The summed E-state index contributed by atoms with van der Waals surface area (Å²) < 4.78 is 26.6. The van der Waals surface area contributed by atoms with E-state index in [2.05, 4.69) is 9.97 Å². The first kappa shape index (κ1) is 18.3. The van der Waals surface area contributed by atoms with Gasteiger partial charge in [-0.05, 0) is 43.3 Å². The molecule has 0 fully saturated rings. The number of halogens is 2.